The summed E-state index contributed by atoms with van der Waals surface area (Å²) < 4.78 is 0. The molecule has 0 fully saturated rings. The van der Waals surface area contributed by atoms with E-state index in [0.29, 0.717) is 11.8 Å². The van der Waals surface area contributed by atoms with Gasteiger partial charge in [-0.15, -0.1) is 0 Å². The van der Waals surface area contributed by atoms with Crippen LogP contribution in [0.2, 0.25) is 0 Å². The number of carboxylic acid groups (broad SMARTS) is 1. The minimum absolute atomic E-state index is 0.179. The Bertz CT molecular complexity index is 738. The van der Waals surface area contributed by atoms with Gasteiger partial charge in [-0.05, 0) is 12.0 Å². The maximum absolute atomic E-state index is 12.1. The van der Waals surface area contributed by atoms with Crippen molar-refractivity contribution in [1.29, 1.82) is 0 Å². The molecule has 0 aromatic heterocycles. The number of benzene rings is 1. The van der Waals surface area contributed by atoms with Gasteiger partial charge in [-0.2, -0.15) is 0 Å². The molecular formula is C17H20N2O7S. The average Bonchev–Trinajstić information content (AvgIpc) is 2.63. The third-order valence-corrected chi connectivity index (χ3v) is 4.39. The van der Waals surface area contributed by atoms with Crippen molar-refractivity contribution in [1.82, 2.24) is 5.32 Å². The van der Waals surface area contributed by atoms with Gasteiger partial charge in [0.05, 0.1) is 18.3 Å². The standard InChI is InChI=1S/C17H20N2O7S/c1-10(20)27-9-14(22)17(26,16(24)25)13(21)8-19-15(23)12(18)7-11-5-3-2-4-6-11/h2-6,12,26H,7-9,18H2,1H3,(H,19,23)(H,24,25)/t12-,17-/m0/s1. The first-order valence-electron chi connectivity index (χ1n) is 7.82. The second-order valence-corrected chi connectivity index (χ2v) is 6.81. The molecule has 0 aliphatic carbocycles. The molecule has 0 bridgehead atoms. The maximum Gasteiger partial charge on any atom is 0.351 e. The smallest absolute Gasteiger partial charge is 0.351 e. The van der Waals surface area contributed by atoms with Gasteiger partial charge in [0.2, 0.25) is 11.7 Å². The molecule has 2 atom stereocenters. The number of hydrogen-bond acceptors (Lipinski definition) is 8. The van der Waals surface area contributed by atoms with Crippen LogP contribution < -0.4 is 11.1 Å². The van der Waals surface area contributed by atoms with E-state index in [1.165, 1.54) is 0 Å². The Morgan fingerprint density at radius 1 is 1.15 bits per heavy atom. The normalized spacial score (nSPS) is 13.9. The molecule has 1 rings (SSSR count). The predicted molar refractivity (Wildman–Crippen MR) is 96.9 cm³/mol. The van der Waals surface area contributed by atoms with E-state index in [4.69, 9.17) is 10.8 Å². The van der Waals surface area contributed by atoms with E-state index in [1.54, 1.807) is 30.3 Å². The van der Waals surface area contributed by atoms with Gasteiger partial charge in [-0.1, -0.05) is 42.1 Å². The van der Waals surface area contributed by atoms with Crippen molar-refractivity contribution < 1.29 is 34.2 Å². The third kappa shape index (κ3) is 6.27. The first-order valence-corrected chi connectivity index (χ1v) is 8.80. The molecule has 1 aromatic rings. The summed E-state index contributed by atoms with van der Waals surface area (Å²) in [6.45, 7) is 0.245. The van der Waals surface area contributed by atoms with E-state index < -0.39 is 52.5 Å². The summed E-state index contributed by atoms with van der Waals surface area (Å²) in [4.78, 5) is 58.1. The highest BCUT2D eigenvalue weighted by Crippen LogP contribution is 2.14. The number of rotatable bonds is 10. The van der Waals surface area contributed by atoms with E-state index in [0.717, 1.165) is 12.5 Å². The number of thioether (sulfide) groups is 1. The Hall–Kier alpha value is -2.56. The molecule has 0 saturated heterocycles. The van der Waals surface area contributed by atoms with Crippen molar-refractivity contribution in [3.05, 3.63) is 35.9 Å². The third-order valence-electron chi connectivity index (χ3n) is 3.58. The Morgan fingerprint density at radius 2 is 1.74 bits per heavy atom. The largest absolute Gasteiger partial charge is 0.478 e. The minimum Gasteiger partial charge on any atom is -0.478 e. The van der Waals surface area contributed by atoms with Crippen LogP contribution in [0.15, 0.2) is 30.3 Å². The molecule has 146 valence electrons. The number of ketones is 2. The van der Waals surface area contributed by atoms with Crippen LogP contribution in [0.4, 0.5) is 0 Å². The molecule has 1 amide bonds. The molecule has 1 aromatic carbocycles. The van der Waals surface area contributed by atoms with Crippen molar-refractivity contribution in [2.75, 3.05) is 12.3 Å². The van der Waals surface area contributed by atoms with Crippen molar-refractivity contribution in [2.45, 2.75) is 25.0 Å². The fourth-order valence-corrected chi connectivity index (χ4v) is 2.60. The van der Waals surface area contributed by atoms with Gasteiger partial charge >= 0.3 is 5.97 Å². The number of hydrogen-bond donors (Lipinski definition) is 4. The number of amides is 1. The molecule has 0 radical (unpaired) electrons. The van der Waals surface area contributed by atoms with Crippen molar-refractivity contribution in [2.24, 2.45) is 5.73 Å². The lowest BCUT2D eigenvalue weighted by Crippen LogP contribution is -2.58. The van der Waals surface area contributed by atoms with Gasteiger partial charge in [-0.3, -0.25) is 19.2 Å². The van der Waals surface area contributed by atoms with E-state index in [-0.39, 0.29) is 6.42 Å². The number of aliphatic carboxylic acids is 1. The number of nitrogens with one attached hydrogen (secondary N) is 1. The predicted octanol–water partition coefficient (Wildman–Crippen LogP) is -1.09. The summed E-state index contributed by atoms with van der Waals surface area (Å²) in [6, 6.07) is 7.83. The molecule has 0 heterocycles. The van der Waals surface area contributed by atoms with E-state index >= 15 is 0 Å². The summed E-state index contributed by atoms with van der Waals surface area (Å²) in [5.41, 5.74) is 3.17. The first kappa shape index (κ1) is 22.5. The molecule has 27 heavy (non-hydrogen) atoms. The first-order chi connectivity index (χ1) is 12.6. The van der Waals surface area contributed by atoms with Crippen LogP contribution in [-0.2, 0) is 30.4 Å². The van der Waals surface area contributed by atoms with Crippen LogP contribution >= 0.6 is 11.8 Å². The number of aliphatic hydroxyl groups is 1. The molecular weight excluding hydrogens is 376 g/mol. The molecule has 9 nitrogen and oxygen atoms in total. The Morgan fingerprint density at radius 3 is 2.26 bits per heavy atom. The fraction of sp³-hybridized carbons (Fsp3) is 0.353. The lowest BCUT2D eigenvalue weighted by Gasteiger charge is -2.21. The SMILES string of the molecule is CC(=O)SCC(=O)[C@](O)(C(=O)O)C(=O)CNC(=O)[C@@H](N)Cc1ccccc1. The fourth-order valence-electron chi connectivity index (χ4n) is 2.05. The Balaban J connectivity index is 2.70. The second-order valence-electron chi connectivity index (χ2n) is 5.66. The van der Waals surface area contributed by atoms with Gasteiger partial charge in [0, 0.05) is 6.92 Å². The van der Waals surface area contributed by atoms with Gasteiger partial charge < -0.3 is 21.3 Å². The summed E-state index contributed by atoms with van der Waals surface area (Å²) in [6.07, 6.45) is 0.179. The number of nitrogens with two attached hydrogens (primary N) is 1. The zero-order chi connectivity index (χ0) is 20.6. The van der Waals surface area contributed by atoms with Crippen LogP contribution in [0.5, 0.6) is 0 Å². The van der Waals surface area contributed by atoms with Crippen molar-refractivity contribution in [3.63, 3.8) is 0 Å². The van der Waals surface area contributed by atoms with Gasteiger partial charge in [-0.25, -0.2) is 4.79 Å². The quantitative estimate of drug-likeness (QED) is 0.360. The van der Waals surface area contributed by atoms with Crippen LogP contribution in [0.3, 0.4) is 0 Å². The van der Waals surface area contributed by atoms with Gasteiger partial charge in [0.1, 0.15) is 0 Å². The number of carboxylic acids is 1. The topological polar surface area (TPSA) is 164 Å². The number of carbonyl (C=O) groups excluding carboxylic acids is 4. The summed E-state index contributed by atoms with van der Waals surface area (Å²) in [5, 5.41) is 20.7. The summed E-state index contributed by atoms with van der Waals surface area (Å²) in [5.74, 6) is -6.30. The molecule has 0 spiro atoms. The molecule has 0 saturated carbocycles. The van der Waals surface area contributed by atoms with E-state index in [2.05, 4.69) is 5.32 Å². The zero-order valence-corrected chi connectivity index (χ0v) is 15.3. The van der Waals surface area contributed by atoms with E-state index in [1.807, 2.05) is 0 Å². The molecule has 0 aliphatic heterocycles. The minimum atomic E-state index is -3.35. The highest BCUT2D eigenvalue weighted by atomic mass is 32.2. The Labute approximate surface area is 159 Å². The van der Waals surface area contributed by atoms with Crippen molar-refractivity contribution in [3.8, 4) is 0 Å². The lowest BCUT2D eigenvalue weighted by atomic mass is 9.93. The lowest BCUT2D eigenvalue weighted by molar-refractivity contribution is -0.169. The highest BCUT2D eigenvalue weighted by molar-refractivity contribution is 8.14. The molecule has 0 unspecified atom stereocenters. The van der Waals surface area contributed by atoms with E-state index in [9.17, 15) is 29.1 Å². The van der Waals surface area contributed by atoms with Crippen molar-refractivity contribution >= 4 is 40.3 Å². The molecule has 10 heteroatoms. The molecule has 5 N–H and O–H groups in total. The van der Waals surface area contributed by atoms with Gasteiger partial charge in [0.15, 0.2) is 10.9 Å². The average molecular weight is 396 g/mol. The number of Topliss-reactive ketones (excluding diaryl/α,β-unsaturated/α-hetero) is 2. The summed E-state index contributed by atoms with van der Waals surface area (Å²) in [7, 11) is 0. The molecule has 0 aliphatic rings. The maximum atomic E-state index is 12.1. The highest BCUT2D eigenvalue weighted by Gasteiger charge is 2.50. The summed E-state index contributed by atoms with van der Waals surface area (Å²) >= 11 is 0.460. The Kier molecular flexibility index (Phi) is 8.29. The van der Waals surface area contributed by atoms with Crippen LogP contribution in [0, 0.1) is 0 Å². The number of carbonyl (C=O) groups is 5. The van der Waals surface area contributed by atoms with Crippen LogP contribution in [0.1, 0.15) is 12.5 Å². The zero-order valence-electron chi connectivity index (χ0n) is 14.5. The van der Waals surface area contributed by atoms with Crippen LogP contribution in [-0.4, -0.2) is 62.7 Å². The van der Waals surface area contributed by atoms with Crippen LogP contribution in [0.25, 0.3) is 0 Å². The monoisotopic (exact) mass is 396 g/mol. The second kappa shape index (κ2) is 9.95. The van der Waals surface area contributed by atoms with Gasteiger partial charge in [0.25, 0.3) is 5.60 Å².